The van der Waals surface area contributed by atoms with E-state index in [4.69, 9.17) is 27.4 Å². The number of hydrazone groups is 1. The van der Waals surface area contributed by atoms with Gasteiger partial charge >= 0.3 is 0 Å². The van der Waals surface area contributed by atoms with Crippen molar-refractivity contribution in [3.05, 3.63) is 81.4 Å². The second-order valence-electron chi connectivity index (χ2n) is 9.57. The third kappa shape index (κ3) is 6.30. The number of benzene rings is 1. The van der Waals surface area contributed by atoms with Gasteiger partial charge in [0.2, 0.25) is 5.88 Å². The zero-order chi connectivity index (χ0) is 28.4. The first-order valence-electron chi connectivity index (χ1n) is 12.5. The monoisotopic (exact) mass is 603 g/mol. The highest BCUT2D eigenvalue weighted by atomic mass is 35.5. The second-order valence-corrected chi connectivity index (χ2v) is 11.0. The van der Waals surface area contributed by atoms with Gasteiger partial charge in [0, 0.05) is 35.5 Å². The topological polar surface area (TPSA) is 148 Å². The standard InChI is InChI=1S/C26H26Cl2N6O5S/c1-14(15-4-5-15)31-26(36)18-11-17(27)7-8-21(18)32-25(35)16-6-9-22(39-40(37)38)34(13-16)24-19(12-30-33-24)23-20(28)3-2-10-29-23/h2-3,6-11,14-15,19,30H,4-5,12-13H2,1H3,(H,31,36)(H,32,35)(H,37,38)/p-1. The normalized spacial score (nSPS) is 19.9. The van der Waals surface area contributed by atoms with Gasteiger partial charge in [-0.15, -0.1) is 0 Å². The smallest absolute Gasteiger partial charge is 0.253 e. The van der Waals surface area contributed by atoms with E-state index in [1.165, 1.54) is 23.1 Å². The summed E-state index contributed by atoms with van der Waals surface area (Å²) in [6, 6.07) is 8.04. The fourth-order valence-electron chi connectivity index (χ4n) is 4.57. The third-order valence-electron chi connectivity index (χ3n) is 6.82. The van der Waals surface area contributed by atoms with Crippen LogP contribution in [0.4, 0.5) is 5.69 Å². The molecule has 2 amide bonds. The summed E-state index contributed by atoms with van der Waals surface area (Å²) in [6.07, 6.45) is 6.54. The van der Waals surface area contributed by atoms with Crippen LogP contribution >= 0.6 is 23.2 Å². The number of hydrogen-bond donors (Lipinski definition) is 3. The molecule has 3 heterocycles. The molecule has 2 aromatic rings. The van der Waals surface area contributed by atoms with Crippen LogP contribution in [0.15, 0.2) is 65.2 Å². The molecule has 40 heavy (non-hydrogen) atoms. The van der Waals surface area contributed by atoms with Gasteiger partial charge in [-0.1, -0.05) is 23.2 Å². The lowest BCUT2D eigenvalue weighted by molar-refractivity contribution is -0.113. The molecule has 1 fully saturated rings. The molecule has 0 radical (unpaired) electrons. The lowest BCUT2D eigenvalue weighted by atomic mass is 10.0. The first-order valence-corrected chi connectivity index (χ1v) is 14.3. The van der Waals surface area contributed by atoms with Crippen LogP contribution in [0.1, 0.15) is 41.7 Å². The van der Waals surface area contributed by atoms with Crippen molar-refractivity contribution in [3.8, 4) is 0 Å². The number of aromatic nitrogens is 1. The number of hydrogen-bond acceptors (Lipinski definition) is 9. The molecule has 1 saturated carbocycles. The number of carbonyl (C=O) groups is 2. The predicted molar refractivity (Wildman–Crippen MR) is 150 cm³/mol. The zero-order valence-corrected chi connectivity index (χ0v) is 23.6. The van der Waals surface area contributed by atoms with Crippen molar-refractivity contribution in [2.24, 2.45) is 11.0 Å². The Labute approximate surface area is 243 Å². The zero-order valence-electron chi connectivity index (χ0n) is 21.2. The first kappa shape index (κ1) is 28.1. The maximum Gasteiger partial charge on any atom is 0.253 e. The summed E-state index contributed by atoms with van der Waals surface area (Å²) in [6.45, 7) is 2.22. The van der Waals surface area contributed by atoms with E-state index in [0.29, 0.717) is 34.0 Å². The Kier molecular flexibility index (Phi) is 8.40. The van der Waals surface area contributed by atoms with Gasteiger partial charge in [0.05, 0.1) is 34.4 Å². The van der Waals surface area contributed by atoms with Crippen molar-refractivity contribution < 1.29 is 22.5 Å². The number of amidine groups is 1. The van der Waals surface area contributed by atoms with E-state index in [2.05, 4.69) is 26.1 Å². The maximum absolute atomic E-state index is 13.4. The highest BCUT2D eigenvalue weighted by Crippen LogP contribution is 2.33. The van der Waals surface area contributed by atoms with Crippen LogP contribution in [0.3, 0.4) is 0 Å². The Balaban J connectivity index is 1.38. The van der Waals surface area contributed by atoms with Crippen LogP contribution in [0.2, 0.25) is 10.0 Å². The molecule has 0 spiro atoms. The van der Waals surface area contributed by atoms with Crippen LogP contribution < -0.4 is 16.1 Å². The van der Waals surface area contributed by atoms with Gasteiger partial charge in [0.15, 0.2) is 0 Å². The van der Waals surface area contributed by atoms with Gasteiger partial charge in [0.25, 0.3) is 11.8 Å². The molecule has 3 atom stereocenters. The molecule has 3 unspecified atom stereocenters. The van der Waals surface area contributed by atoms with Crippen molar-refractivity contribution in [1.82, 2.24) is 20.6 Å². The molecule has 210 valence electrons. The van der Waals surface area contributed by atoms with Crippen LogP contribution in [0.25, 0.3) is 0 Å². The number of pyridine rings is 1. The summed E-state index contributed by atoms with van der Waals surface area (Å²) in [4.78, 5) is 32.3. The van der Waals surface area contributed by atoms with Crippen molar-refractivity contribution in [3.63, 3.8) is 0 Å². The van der Waals surface area contributed by atoms with E-state index in [0.717, 1.165) is 12.8 Å². The van der Waals surface area contributed by atoms with Gasteiger partial charge < -0.3 is 24.8 Å². The number of carbonyl (C=O) groups excluding carboxylic acids is 2. The molecule has 2 aliphatic heterocycles. The maximum atomic E-state index is 13.4. The molecule has 1 aliphatic carbocycles. The number of allylic oxidation sites excluding steroid dienone is 2. The van der Waals surface area contributed by atoms with E-state index in [-0.39, 0.29) is 41.2 Å². The van der Waals surface area contributed by atoms with E-state index < -0.39 is 23.2 Å². The van der Waals surface area contributed by atoms with E-state index in [1.807, 2.05) is 6.92 Å². The highest BCUT2D eigenvalue weighted by Gasteiger charge is 2.35. The van der Waals surface area contributed by atoms with Crippen LogP contribution in [0, 0.1) is 5.92 Å². The summed E-state index contributed by atoms with van der Waals surface area (Å²) in [5.74, 6) is -0.519. The Morgan fingerprint density at radius 3 is 2.75 bits per heavy atom. The minimum atomic E-state index is -2.88. The molecule has 1 aromatic carbocycles. The van der Waals surface area contributed by atoms with Crippen LogP contribution in [-0.2, 0) is 20.3 Å². The number of nitrogens with one attached hydrogen (secondary N) is 3. The lowest BCUT2D eigenvalue weighted by Gasteiger charge is -2.31. The number of amides is 2. The molecule has 11 nitrogen and oxygen atoms in total. The first-order chi connectivity index (χ1) is 19.2. The fourth-order valence-corrected chi connectivity index (χ4v) is 5.28. The number of anilines is 1. The highest BCUT2D eigenvalue weighted by molar-refractivity contribution is 7.74. The molecule has 3 aliphatic rings. The Morgan fingerprint density at radius 2 is 2.02 bits per heavy atom. The SMILES string of the molecule is CC(NC(=O)c1cc(Cl)ccc1NC(=O)C1=CC=C(OS(=O)[O-])N(C2=NNCC2c2ncccc2Cl)C1)C1CC1. The fraction of sp³-hybridized carbons (Fsp3) is 0.308. The van der Waals surface area contributed by atoms with Crippen molar-refractivity contribution in [2.45, 2.75) is 31.7 Å². The molecule has 0 bridgehead atoms. The quantitative estimate of drug-likeness (QED) is 0.388. The van der Waals surface area contributed by atoms with Gasteiger partial charge in [-0.25, -0.2) is 4.21 Å². The molecule has 1 aromatic heterocycles. The molecule has 3 N–H and O–H groups in total. The Morgan fingerprint density at radius 1 is 1.23 bits per heavy atom. The van der Waals surface area contributed by atoms with Crippen molar-refractivity contribution in [1.29, 1.82) is 0 Å². The van der Waals surface area contributed by atoms with Gasteiger partial charge in [-0.05, 0) is 62.1 Å². The average molecular weight is 604 g/mol. The van der Waals surface area contributed by atoms with E-state index in [1.54, 1.807) is 30.5 Å². The summed E-state index contributed by atoms with van der Waals surface area (Å²) >= 11 is 9.67. The largest absolute Gasteiger partial charge is 0.740 e. The Bertz CT molecular complexity index is 1460. The summed E-state index contributed by atoms with van der Waals surface area (Å²) in [5.41, 5.74) is 4.20. The van der Waals surface area contributed by atoms with Crippen molar-refractivity contribution >= 4 is 57.9 Å². The van der Waals surface area contributed by atoms with Crippen LogP contribution in [-0.4, -0.2) is 55.4 Å². The Hall–Kier alpha value is -3.45. The van der Waals surface area contributed by atoms with E-state index >= 15 is 0 Å². The second kappa shape index (κ2) is 12.0. The minimum absolute atomic E-state index is 0.00103. The van der Waals surface area contributed by atoms with Gasteiger partial charge in [0.1, 0.15) is 17.2 Å². The summed E-state index contributed by atoms with van der Waals surface area (Å²) in [7, 11) is 0. The summed E-state index contributed by atoms with van der Waals surface area (Å²) in [5, 5.41) is 10.9. The minimum Gasteiger partial charge on any atom is -0.740 e. The molecule has 14 heteroatoms. The predicted octanol–water partition coefficient (Wildman–Crippen LogP) is 3.45. The van der Waals surface area contributed by atoms with Crippen molar-refractivity contribution in [2.75, 3.05) is 18.4 Å². The number of nitrogens with zero attached hydrogens (tertiary/aromatic N) is 3. The summed E-state index contributed by atoms with van der Waals surface area (Å²) < 4.78 is 27.8. The van der Waals surface area contributed by atoms with Crippen LogP contribution in [0.5, 0.6) is 0 Å². The number of halogens is 2. The molecule has 0 saturated heterocycles. The van der Waals surface area contributed by atoms with Gasteiger partial charge in [-0.3, -0.25) is 19.5 Å². The van der Waals surface area contributed by atoms with Gasteiger partial charge in [-0.2, -0.15) is 5.10 Å². The molecular formula is C26H25Cl2N6O5S-. The van der Waals surface area contributed by atoms with E-state index in [9.17, 15) is 18.4 Å². The molecule has 5 rings (SSSR count). The molecular weight excluding hydrogens is 579 g/mol. The number of rotatable bonds is 8. The average Bonchev–Trinajstić information content (AvgIpc) is 3.67. The lowest BCUT2D eigenvalue weighted by Crippen LogP contribution is -2.40. The third-order valence-corrected chi connectivity index (χ3v) is 7.68.